The van der Waals surface area contributed by atoms with E-state index in [-0.39, 0.29) is 10.6 Å². The molecule has 0 saturated carbocycles. The van der Waals surface area contributed by atoms with Gasteiger partial charge in [-0.15, -0.1) is 0 Å². The molecule has 2 heterocycles. The first-order valence-corrected chi connectivity index (χ1v) is 9.56. The summed E-state index contributed by atoms with van der Waals surface area (Å²) in [6.07, 6.45) is 1.68. The molecule has 0 atom stereocenters. The molecule has 0 unspecified atom stereocenters. The largest absolute Gasteiger partial charge is 0.497 e. The van der Waals surface area contributed by atoms with E-state index in [1.165, 1.54) is 20.3 Å². The van der Waals surface area contributed by atoms with Gasteiger partial charge in [0.15, 0.2) is 0 Å². The first-order valence-electron chi connectivity index (χ1n) is 8.02. The summed E-state index contributed by atoms with van der Waals surface area (Å²) in [4.78, 5) is 6.49. The molecular formula is C17H21N3O5S. The quantitative estimate of drug-likeness (QED) is 0.834. The molecule has 0 aliphatic carbocycles. The molecule has 1 saturated heterocycles. The smallest absolute Gasteiger partial charge is 0.241 e. The maximum absolute atomic E-state index is 11.9. The van der Waals surface area contributed by atoms with Crippen LogP contribution in [0.25, 0.3) is 11.1 Å². The van der Waals surface area contributed by atoms with Gasteiger partial charge in [0.25, 0.3) is 0 Å². The molecule has 1 fully saturated rings. The number of hydrogen-bond donors (Lipinski definition) is 1. The second kappa shape index (κ2) is 7.48. The fourth-order valence-electron chi connectivity index (χ4n) is 2.86. The third-order valence-corrected chi connectivity index (χ3v) is 5.08. The van der Waals surface area contributed by atoms with Gasteiger partial charge < -0.3 is 19.1 Å². The van der Waals surface area contributed by atoms with E-state index >= 15 is 0 Å². The summed E-state index contributed by atoms with van der Waals surface area (Å²) in [5.74, 6) is 1.36. The number of ether oxygens (including phenoxy) is 3. The van der Waals surface area contributed by atoms with Crippen LogP contribution in [0.1, 0.15) is 0 Å². The SMILES string of the molecule is COc1cc(-c2ccc(N3CCOCC3)nc2)c(OC)c(S(N)(=O)=O)c1. The lowest BCUT2D eigenvalue weighted by Crippen LogP contribution is -2.36. The van der Waals surface area contributed by atoms with E-state index in [1.807, 2.05) is 12.1 Å². The van der Waals surface area contributed by atoms with Crippen LogP contribution in [0, 0.1) is 0 Å². The highest BCUT2D eigenvalue weighted by Crippen LogP contribution is 2.39. The van der Waals surface area contributed by atoms with Crippen LogP contribution < -0.4 is 19.5 Å². The summed E-state index contributed by atoms with van der Waals surface area (Å²) in [6.45, 7) is 2.91. The Bertz CT molecular complexity index is 878. The summed E-state index contributed by atoms with van der Waals surface area (Å²) >= 11 is 0. The van der Waals surface area contributed by atoms with Gasteiger partial charge in [-0.25, -0.2) is 18.5 Å². The highest BCUT2D eigenvalue weighted by Gasteiger charge is 2.22. The average molecular weight is 379 g/mol. The van der Waals surface area contributed by atoms with Crippen molar-refractivity contribution < 1.29 is 22.6 Å². The average Bonchev–Trinajstić information content (AvgIpc) is 2.67. The minimum absolute atomic E-state index is 0.133. The lowest BCUT2D eigenvalue weighted by atomic mass is 10.1. The van der Waals surface area contributed by atoms with E-state index in [0.29, 0.717) is 30.1 Å². The van der Waals surface area contributed by atoms with Gasteiger partial charge in [-0.2, -0.15) is 0 Å². The minimum Gasteiger partial charge on any atom is -0.497 e. The van der Waals surface area contributed by atoms with Crippen LogP contribution in [0.5, 0.6) is 11.5 Å². The summed E-state index contributed by atoms with van der Waals surface area (Å²) in [5.41, 5.74) is 1.24. The molecule has 1 aromatic heterocycles. The number of anilines is 1. The second-order valence-electron chi connectivity index (χ2n) is 5.76. The fourth-order valence-corrected chi connectivity index (χ4v) is 3.59. The number of benzene rings is 1. The molecule has 1 aliphatic rings. The van der Waals surface area contributed by atoms with Gasteiger partial charge in [0.1, 0.15) is 22.2 Å². The van der Waals surface area contributed by atoms with Crippen LogP contribution >= 0.6 is 0 Å². The Labute approximate surface area is 152 Å². The van der Waals surface area contributed by atoms with Gasteiger partial charge in [-0.3, -0.25) is 0 Å². The van der Waals surface area contributed by atoms with Crippen LogP contribution in [-0.4, -0.2) is 53.9 Å². The van der Waals surface area contributed by atoms with E-state index in [9.17, 15) is 8.42 Å². The first kappa shape index (κ1) is 18.4. The van der Waals surface area contributed by atoms with Crippen molar-refractivity contribution in [1.82, 2.24) is 4.98 Å². The number of rotatable bonds is 5. The molecule has 0 bridgehead atoms. The van der Waals surface area contributed by atoms with Crippen LogP contribution in [0.2, 0.25) is 0 Å². The molecule has 0 amide bonds. The molecule has 0 spiro atoms. The fraction of sp³-hybridized carbons (Fsp3) is 0.353. The zero-order chi connectivity index (χ0) is 18.7. The standard InChI is InChI=1S/C17H21N3O5S/c1-23-13-9-14(17(24-2)15(10-13)26(18,21)22)12-3-4-16(19-11-12)20-5-7-25-8-6-20/h3-4,9-11H,5-8H2,1-2H3,(H2,18,21,22). The highest BCUT2D eigenvalue weighted by atomic mass is 32.2. The van der Waals surface area contributed by atoms with Gasteiger partial charge in [-0.1, -0.05) is 0 Å². The monoisotopic (exact) mass is 379 g/mol. The van der Waals surface area contributed by atoms with Gasteiger partial charge in [0.2, 0.25) is 10.0 Å². The lowest BCUT2D eigenvalue weighted by molar-refractivity contribution is 0.122. The van der Waals surface area contributed by atoms with Crippen molar-refractivity contribution in [1.29, 1.82) is 0 Å². The van der Waals surface area contributed by atoms with E-state index in [2.05, 4.69) is 9.88 Å². The molecule has 2 aromatic rings. The molecule has 8 nitrogen and oxygen atoms in total. The number of morpholine rings is 1. The molecule has 1 aliphatic heterocycles. The molecule has 3 rings (SSSR count). The van der Waals surface area contributed by atoms with Crippen LogP contribution in [-0.2, 0) is 14.8 Å². The summed E-state index contributed by atoms with van der Waals surface area (Å²) in [6, 6.07) is 6.78. The summed E-state index contributed by atoms with van der Waals surface area (Å²) < 4.78 is 39.8. The van der Waals surface area contributed by atoms with Gasteiger partial charge in [-0.05, 0) is 18.2 Å². The minimum atomic E-state index is -3.98. The molecule has 2 N–H and O–H groups in total. The molecule has 1 aromatic carbocycles. The van der Waals surface area contributed by atoms with Crippen LogP contribution in [0.3, 0.4) is 0 Å². The Balaban J connectivity index is 2.05. The number of aromatic nitrogens is 1. The zero-order valence-electron chi connectivity index (χ0n) is 14.6. The number of methoxy groups -OCH3 is 2. The van der Waals surface area contributed by atoms with E-state index in [0.717, 1.165) is 18.9 Å². The number of primary sulfonamides is 1. The maximum atomic E-state index is 11.9. The van der Waals surface area contributed by atoms with Crippen molar-refractivity contribution in [3.8, 4) is 22.6 Å². The maximum Gasteiger partial charge on any atom is 0.241 e. The number of pyridine rings is 1. The van der Waals surface area contributed by atoms with E-state index < -0.39 is 10.0 Å². The molecule has 26 heavy (non-hydrogen) atoms. The van der Waals surface area contributed by atoms with Gasteiger partial charge >= 0.3 is 0 Å². The third-order valence-electron chi connectivity index (χ3n) is 4.17. The van der Waals surface area contributed by atoms with Crippen molar-refractivity contribution in [2.45, 2.75) is 4.90 Å². The topological polar surface area (TPSA) is 104 Å². The first-order chi connectivity index (χ1) is 12.4. The molecular weight excluding hydrogens is 358 g/mol. The van der Waals surface area contributed by atoms with Crippen LogP contribution in [0.4, 0.5) is 5.82 Å². The Morgan fingerprint density at radius 1 is 1.15 bits per heavy atom. The van der Waals surface area contributed by atoms with E-state index in [4.69, 9.17) is 19.3 Å². The number of nitrogens with zero attached hydrogens (tertiary/aromatic N) is 2. The van der Waals surface area contributed by atoms with Crippen molar-refractivity contribution in [3.05, 3.63) is 30.5 Å². The number of hydrogen-bond acceptors (Lipinski definition) is 7. The molecule has 140 valence electrons. The van der Waals surface area contributed by atoms with E-state index in [1.54, 1.807) is 12.3 Å². The Morgan fingerprint density at radius 3 is 2.42 bits per heavy atom. The summed E-state index contributed by atoms with van der Waals surface area (Å²) in [5, 5.41) is 5.33. The number of sulfonamides is 1. The van der Waals surface area contributed by atoms with Gasteiger partial charge in [0, 0.05) is 36.5 Å². The normalized spacial score (nSPS) is 15.0. The van der Waals surface area contributed by atoms with Crippen molar-refractivity contribution >= 4 is 15.8 Å². The lowest BCUT2D eigenvalue weighted by Gasteiger charge is -2.27. The highest BCUT2D eigenvalue weighted by molar-refractivity contribution is 7.89. The number of nitrogens with two attached hydrogens (primary N) is 1. The van der Waals surface area contributed by atoms with Crippen molar-refractivity contribution in [2.24, 2.45) is 5.14 Å². The van der Waals surface area contributed by atoms with Crippen molar-refractivity contribution in [2.75, 3.05) is 45.4 Å². The zero-order valence-corrected chi connectivity index (χ0v) is 15.5. The summed E-state index contributed by atoms with van der Waals surface area (Å²) in [7, 11) is -1.13. The van der Waals surface area contributed by atoms with Crippen LogP contribution in [0.15, 0.2) is 35.4 Å². The molecule has 0 radical (unpaired) electrons. The Kier molecular flexibility index (Phi) is 5.30. The predicted molar refractivity (Wildman–Crippen MR) is 97.2 cm³/mol. The van der Waals surface area contributed by atoms with Gasteiger partial charge in [0.05, 0.1) is 27.4 Å². The Hall–Kier alpha value is -2.36. The predicted octanol–water partition coefficient (Wildman–Crippen LogP) is 1.25. The van der Waals surface area contributed by atoms with Crippen molar-refractivity contribution in [3.63, 3.8) is 0 Å². The molecule has 9 heteroatoms. The third kappa shape index (κ3) is 3.74. The Morgan fingerprint density at radius 2 is 1.88 bits per heavy atom. The second-order valence-corrected chi connectivity index (χ2v) is 7.29.